The largest absolute Gasteiger partial charge is 0.487 e. The van der Waals surface area contributed by atoms with E-state index in [-0.39, 0.29) is 23.5 Å². The number of amides is 1. The number of hydrogen-bond acceptors (Lipinski definition) is 7. The number of aryl methyl sites for hydroxylation is 2. The second-order valence-corrected chi connectivity index (χ2v) is 11.0. The third kappa shape index (κ3) is 5.43. The molecule has 0 radical (unpaired) electrons. The topological polar surface area (TPSA) is 103 Å². The number of nitrogens with zero attached hydrogens (tertiary/aromatic N) is 3. The van der Waals surface area contributed by atoms with Gasteiger partial charge in [0.15, 0.2) is 9.84 Å². The van der Waals surface area contributed by atoms with Crippen molar-refractivity contribution in [2.75, 3.05) is 16.8 Å². The fourth-order valence-electron chi connectivity index (χ4n) is 3.57. The van der Waals surface area contributed by atoms with Crippen molar-refractivity contribution in [1.29, 1.82) is 0 Å². The average Bonchev–Trinajstić information content (AvgIpc) is 3.43. The van der Waals surface area contributed by atoms with E-state index in [0.717, 1.165) is 16.3 Å². The van der Waals surface area contributed by atoms with E-state index in [0.29, 0.717) is 30.3 Å². The molecule has 168 valence electrons. The Bertz CT molecular complexity index is 1260. The Balaban J connectivity index is 1.44. The van der Waals surface area contributed by atoms with Crippen LogP contribution in [0.2, 0.25) is 0 Å². The predicted octanol–water partition coefficient (Wildman–Crippen LogP) is 3.55. The lowest BCUT2D eigenvalue weighted by Gasteiger charge is -2.13. The zero-order chi connectivity index (χ0) is 22.7. The van der Waals surface area contributed by atoms with Gasteiger partial charge < -0.3 is 10.1 Å². The van der Waals surface area contributed by atoms with E-state index in [1.807, 2.05) is 43.5 Å². The van der Waals surface area contributed by atoms with Gasteiger partial charge in [-0.05, 0) is 32.4 Å². The predicted molar refractivity (Wildman–Crippen MR) is 125 cm³/mol. The normalized spacial score (nSPS) is 17.6. The van der Waals surface area contributed by atoms with Gasteiger partial charge in [0.25, 0.3) is 0 Å². The minimum Gasteiger partial charge on any atom is -0.487 e. The maximum Gasteiger partial charge on any atom is 0.249 e. The van der Waals surface area contributed by atoms with Gasteiger partial charge >= 0.3 is 0 Å². The second kappa shape index (κ2) is 9.25. The van der Waals surface area contributed by atoms with Gasteiger partial charge in [-0.15, -0.1) is 11.3 Å². The molecule has 1 aromatic carbocycles. The number of para-hydroxylation sites is 1. The third-order valence-electron chi connectivity index (χ3n) is 5.04. The SMILES string of the molecule is Cc1cc(NC(=O)/C=C/c2ccccc2OCc2csc(C)n2)n(C2CCS(=O)(=O)C2)n1. The van der Waals surface area contributed by atoms with Crippen LogP contribution in [0.25, 0.3) is 6.08 Å². The summed E-state index contributed by atoms with van der Waals surface area (Å²) in [6, 6.07) is 8.92. The monoisotopic (exact) mass is 472 g/mol. The lowest BCUT2D eigenvalue weighted by atomic mass is 10.2. The second-order valence-electron chi connectivity index (χ2n) is 7.68. The number of anilines is 1. The van der Waals surface area contributed by atoms with E-state index >= 15 is 0 Å². The highest BCUT2D eigenvalue weighted by Gasteiger charge is 2.31. The molecule has 3 heterocycles. The summed E-state index contributed by atoms with van der Waals surface area (Å²) >= 11 is 1.57. The number of benzene rings is 1. The molecule has 1 amide bonds. The summed E-state index contributed by atoms with van der Waals surface area (Å²) in [5, 5.41) is 10.1. The lowest BCUT2D eigenvalue weighted by Crippen LogP contribution is -2.18. The number of sulfone groups is 1. The Hall–Kier alpha value is -2.98. The standard InChI is InChI=1S/C22H24N4O4S2/c1-15-11-21(26(25-15)19-9-10-32(28,29)14-19)24-22(27)8-7-17-5-3-4-6-20(17)30-12-18-13-31-16(2)23-18/h3-8,11,13,19H,9-10,12,14H2,1-2H3,(H,24,27)/b8-7+. The first-order valence-electron chi connectivity index (χ1n) is 10.2. The van der Waals surface area contributed by atoms with E-state index in [1.54, 1.807) is 28.2 Å². The van der Waals surface area contributed by atoms with Crippen LogP contribution in [0.4, 0.5) is 5.82 Å². The fraction of sp³-hybridized carbons (Fsp3) is 0.318. The molecule has 4 rings (SSSR count). The first-order valence-corrected chi connectivity index (χ1v) is 12.9. The van der Waals surface area contributed by atoms with Crippen LogP contribution in [0.5, 0.6) is 5.75 Å². The molecular weight excluding hydrogens is 448 g/mol. The summed E-state index contributed by atoms with van der Waals surface area (Å²) in [6.45, 7) is 4.11. The van der Waals surface area contributed by atoms with Crippen LogP contribution < -0.4 is 10.1 Å². The van der Waals surface area contributed by atoms with Gasteiger partial charge in [0.05, 0.1) is 33.9 Å². The number of ether oxygens (including phenoxy) is 1. The number of rotatable bonds is 7. The van der Waals surface area contributed by atoms with Crippen molar-refractivity contribution in [2.45, 2.75) is 32.9 Å². The molecule has 1 aliphatic heterocycles. The van der Waals surface area contributed by atoms with Crippen molar-refractivity contribution >= 4 is 39.0 Å². The van der Waals surface area contributed by atoms with Gasteiger partial charge in [0, 0.05) is 23.1 Å². The van der Waals surface area contributed by atoms with E-state index in [2.05, 4.69) is 15.4 Å². The molecule has 0 saturated carbocycles. The number of aromatic nitrogens is 3. The highest BCUT2D eigenvalue weighted by Crippen LogP contribution is 2.27. The minimum absolute atomic E-state index is 0.0378. The Labute approximate surface area is 190 Å². The number of hydrogen-bond donors (Lipinski definition) is 1. The quantitative estimate of drug-likeness (QED) is 0.528. The molecule has 1 atom stereocenters. The van der Waals surface area contributed by atoms with Crippen LogP contribution in [0.3, 0.4) is 0 Å². The molecule has 1 saturated heterocycles. The summed E-state index contributed by atoms with van der Waals surface area (Å²) in [7, 11) is -3.06. The number of nitrogens with one attached hydrogen (secondary N) is 1. The van der Waals surface area contributed by atoms with E-state index in [4.69, 9.17) is 4.74 Å². The molecular formula is C22H24N4O4S2. The molecule has 10 heteroatoms. The molecule has 1 unspecified atom stereocenters. The van der Waals surface area contributed by atoms with Gasteiger partial charge in [0.2, 0.25) is 5.91 Å². The lowest BCUT2D eigenvalue weighted by molar-refractivity contribution is -0.111. The van der Waals surface area contributed by atoms with Gasteiger partial charge in [-0.1, -0.05) is 18.2 Å². The van der Waals surface area contributed by atoms with Gasteiger partial charge in [-0.2, -0.15) is 5.10 Å². The molecule has 3 aromatic rings. The summed E-state index contributed by atoms with van der Waals surface area (Å²) in [4.78, 5) is 17.0. The number of thiazole rings is 1. The van der Waals surface area contributed by atoms with Gasteiger partial charge in [0.1, 0.15) is 18.2 Å². The Morgan fingerprint density at radius 3 is 2.88 bits per heavy atom. The highest BCUT2D eigenvalue weighted by molar-refractivity contribution is 7.91. The number of carbonyl (C=O) groups excluding carboxylic acids is 1. The van der Waals surface area contributed by atoms with Crippen molar-refractivity contribution in [3.8, 4) is 5.75 Å². The van der Waals surface area contributed by atoms with Crippen LogP contribution in [-0.4, -0.2) is 40.6 Å². The van der Waals surface area contributed by atoms with Crippen molar-refractivity contribution in [1.82, 2.24) is 14.8 Å². The molecule has 1 aliphatic rings. The van der Waals surface area contributed by atoms with Crippen LogP contribution in [0.15, 0.2) is 41.8 Å². The molecule has 1 fully saturated rings. The third-order valence-corrected chi connectivity index (χ3v) is 7.61. The summed E-state index contributed by atoms with van der Waals surface area (Å²) in [5.74, 6) is 0.982. The van der Waals surface area contributed by atoms with Crippen LogP contribution in [0, 0.1) is 13.8 Å². The fourth-order valence-corrected chi connectivity index (χ4v) is 5.86. The number of carbonyl (C=O) groups is 1. The van der Waals surface area contributed by atoms with Crippen molar-refractivity contribution in [2.24, 2.45) is 0 Å². The minimum atomic E-state index is -3.06. The highest BCUT2D eigenvalue weighted by atomic mass is 32.2. The summed E-state index contributed by atoms with van der Waals surface area (Å²) in [5.41, 5.74) is 2.34. The smallest absolute Gasteiger partial charge is 0.249 e. The maximum absolute atomic E-state index is 12.6. The van der Waals surface area contributed by atoms with Crippen LogP contribution in [-0.2, 0) is 21.2 Å². The van der Waals surface area contributed by atoms with Crippen LogP contribution >= 0.6 is 11.3 Å². The summed E-state index contributed by atoms with van der Waals surface area (Å²) < 4.78 is 31.2. The molecule has 0 spiro atoms. The van der Waals surface area contributed by atoms with E-state index < -0.39 is 9.84 Å². The first-order chi connectivity index (χ1) is 15.3. The van der Waals surface area contributed by atoms with E-state index in [9.17, 15) is 13.2 Å². The Morgan fingerprint density at radius 1 is 1.34 bits per heavy atom. The van der Waals surface area contributed by atoms with Crippen molar-refractivity contribution in [3.05, 3.63) is 63.7 Å². The van der Waals surface area contributed by atoms with Gasteiger partial charge in [-0.3, -0.25) is 4.79 Å². The Morgan fingerprint density at radius 2 is 2.16 bits per heavy atom. The summed E-state index contributed by atoms with van der Waals surface area (Å²) in [6.07, 6.45) is 3.60. The van der Waals surface area contributed by atoms with Crippen molar-refractivity contribution in [3.63, 3.8) is 0 Å². The zero-order valence-electron chi connectivity index (χ0n) is 17.8. The average molecular weight is 473 g/mol. The maximum atomic E-state index is 12.6. The van der Waals surface area contributed by atoms with Gasteiger partial charge in [-0.25, -0.2) is 18.1 Å². The Kier molecular flexibility index (Phi) is 6.43. The molecule has 0 aliphatic carbocycles. The molecule has 2 aromatic heterocycles. The molecule has 8 nitrogen and oxygen atoms in total. The first kappa shape index (κ1) is 22.2. The molecule has 32 heavy (non-hydrogen) atoms. The van der Waals surface area contributed by atoms with Crippen molar-refractivity contribution < 1.29 is 17.9 Å². The molecule has 0 bridgehead atoms. The van der Waals surface area contributed by atoms with E-state index in [1.165, 1.54) is 6.08 Å². The zero-order valence-corrected chi connectivity index (χ0v) is 19.4. The molecule has 1 N–H and O–H groups in total. The van der Waals surface area contributed by atoms with Crippen LogP contribution in [0.1, 0.15) is 34.4 Å².